The molecule has 3 aromatic rings. The molecule has 5 heteroatoms. The third-order valence-electron chi connectivity index (χ3n) is 3.09. The minimum absolute atomic E-state index is 0.251. The Hall–Kier alpha value is -2.40. The molecule has 0 aliphatic rings. The van der Waals surface area contributed by atoms with Crippen molar-refractivity contribution in [2.24, 2.45) is 0 Å². The van der Waals surface area contributed by atoms with Gasteiger partial charge in [-0.2, -0.15) is 0 Å². The summed E-state index contributed by atoms with van der Waals surface area (Å²) in [5.74, 6) is 1.17. The fourth-order valence-corrected chi connectivity index (χ4v) is 2.09. The monoisotopic (exact) mass is 268 g/mol. The highest BCUT2D eigenvalue weighted by Crippen LogP contribution is 2.17. The number of rotatable bonds is 5. The van der Waals surface area contributed by atoms with Crippen molar-refractivity contribution in [3.8, 4) is 5.75 Å². The Kier molecular flexibility index (Phi) is 3.60. The summed E-state index contributed by atoms with van der Waals surface area (Å²) in [6.07, 6.45) is 2.60. The standard InChI is InChI=1S/C15H16N4O/c20-12-4-5-13-14(9-12)19-15(18-13)6-8-16-10-11-3-1-2-7-17-11/h1-5,7,9,16,20H,6,8,10H2,(H,18,19). The molecule has 0 atom stereocenters. The maximum Gasteiger partial charge on any atom is 0.117 e. The van der Waals surface area contributed by atoms with Gasteiger partial charge in [-0.3, -0.25) is 4.98 Å². The van der Waals surface area contributed by atoms with Crippen LogP contribution in [0.1, 0.15) is 11.5 Å². The third-order valence-corrected chi connectivity index (χ3v) is 3.09. The number of aromatic hydroxyl groups is 1. The van der Waals surface area contributed by atoms with Gasteiger partial charge in [-0.1, -0.05) is 6.07 Å². The van der Waals surface area contributed by atoms with Crippen LogP contribution in [-0.4, -0.2) is 26.6 Å². The highest BCUT2D eigenvalue weighted by molar-refractivity contribution is 5.76. The summed E-state index contributed by atoms with van der Waals surface area (Å²) in [6, 6.07) is 11.0. The molecule has 0 amide bonds. The number of nitrogens with zero attached hydrogens (tertiary/aromatic N) is 2. The van der Waals surface area contributed by atoms with Crippen molar-refractivity contribution in [1.29, 1.82) is 0 Å². The van der Waals surface area contributed by atoms with Gasteiger partial charge >= 0.3 is 0 Å². The molecular weight excluding hydrogens is 252 g/mol. The van der Waals surface area contributed by atoms with Gasteiger partial charge in [0.1, 0.15) is 11.6 Å². The number of benzene rings is 1. The van der Waals surface area contributed by atoms with Crippen LogP contribution < -0.4 is 5.32 Å². The minimum atomic E-state index is 0.251. The Morgan fingerprint density at radius 2 is 2.15 bits per heavy atom. The molecule has 0 radical (unpaired) electrons. The van der Waals surface area contributed by atoms with E-state index in [1.807, 2.05) is 24.3 Å². The first-order valence-corrected chi connectivity index (χ1v) is 6.59. The van der Waals surface area contributed by atoms with Gasteiger partial charge in [0.15, 0.2) is 0 Å². The molecule has 1 aromatic carbocycles. The Bertz CT molecular complexity index is 693. The number of hydrogen-bond acceptors (Lipinski definition) is 4. The second-order valence-electron chi connectivity index (χ2n) is 4.63. The van der Waals surface area contributed by atoms with Crippen molar-refractivity contribution >= 4 is 11.0 Å². The zero-order valence-electron chi connectivity index (χ0n) is 11.0. The van der Waals surface area contributed by atoms with Crippen LogP contribution in [0.5, 0.6) is 5.75 Å². The molecule has 2 heterocycles. The summed E-state index contributed by atoms with van der Waals surface area (Å²) in [7, 11) is 0. The van der Waals surface area contributed by atoms with E-state index in [0.29, 0.717) is 0 Å². The van der Waals surface area contributed by atoms with E-state index in [2.05, 4.69) is 20.3 Å². The predicted molar refractivity (Wildman–Crippen MR) is 77.4 cm³/mol. The van der Waals surface area contributed by atoms with Crippen LogP contribution >= 0.6 is 0 Å². The second kappa shape index (κ2) is 5.71. The Morgan fingerprint density at radius 3 is 3.00 bits per heavy atom. The maximum absolute atomic E-state index is 9.41. The first-order chi connectivity index (χ1) is 9.81. The summed E-state index contributed by atoms with van der Waals surface area (Å²) in [5, 5.41) is 12.7. The van der Waals surface area contributed by atoms with Gasteiger partial charge in [0.2, 0.25) is 0 Å². The molecule has 20 heavy (non-hydrogen) atoms. The number of aromatic nitrogens is 3. The van der Waals surface area contributed by atoms with Crippen LogP contribution in [0.4, 0.5) is 0 Å². The molecule has 0 unspecified atom stereocenters. The molecule has 0 aliphatic carbocycles. The lowest BCUT2D eigenvalue weighted by molar-refractivity contribution is 0.476. The number of hydrogen-bond donors (Lipinski definition) is 3. The van der Waals surface area contributed by atoms with Crippen molar-refractivity contribution in [2.45, 2.75) is 13.0 Å². The van der Waals surface area contributed by atoms with E-state index in [0.717, 1.165) is 42.1 Å². The number of pyridine rings is 1. The van der Waals surface area contributed by atoms with Gasteiger partial charge in [0.25, 0.3) is 0 Å². The fraction of sp³-hybridized carbons (Fsp3) is 0.200. The zero-order chi connectivity index (χ0) is 13.8. The van der Waals surface area contributed by atoms with Crippen LogP contribution in [0.3, 0.4) is 0 Å². The van der Waals surface area contributed by atoms with Gasteiger partial charge < -0.3 is 15.4 Å². The maximum atomic E-state index is 9.41. The van der Waals surface area contributed by atoms with E-state index >= 15 is 0 Å². The molecule has 3 N–H and O–H groups in total. The van der Waals surface area contributed by atoms with Gasteiger partial charge in [-0.25, -0.2) is 4.98 Å². The number of phenolic OH excluding ortho intramolecular Hbond substituents is 1. The van der Waals surface area contributed by atoms with Crippen molar-refractivity contribution in [3.63, 3.8) is 0 Å². The van der Waals surface area contributed by atoms with Crippen LogP contribution in [0.25, 0.3) is 11.0 Å². The SMILES string of the molecule is Oc1ccc2nc(CCNCc3ccccn3)[nH]c2c1. The number of H-pyrrole nitrogens is 1. The number of nitrogens with one attached hydrogen (secondary N) is 2. The molecule has 0 aliphatic heterocycles. The molecule has 0 saturated carbocycles. The first-order valence-electron chi connectivity index (χ1n) is 6.59. The highest BCUT2D eigenvalue weighted by atomic mass is 16.3. The molecule has 0 saturated heterocycles. The fourth-order valence-electron chi connectivity index (χ4n) is 2.09. The number of fused-ring (bicyclic) bond motifs is 1. The summed E-state index contributed by atoms with van der Waals surface area (Å²) < 4.78 is 0. The van der Waals surface area contributed by atoms with Gasteiger partial charge in [-0.05, 0) is 24.3 Å². The van der Waals surface area contributed by atoms with E-state index in [4.69, 9.17) is 0 Å². The molecular formula is C15H16N4O. The van der Waals surface area contributed by atoms with Crippen LogP contribution in [0.2, 0.25) is 0 Å². The summed E-state index contributed by atoms with van der Waals surface area (Å²) >= 11 is 0. The third kappa shape index (κ3) is 2.95. The average molecular weight is 268 g/mol. The zero-order valence-corrected chi connectivity index (χ0v) is 11.0. The Morgan fingerprint density at radius 1 is 1.20 bits per heavy atom. The van der Waals surface area contributed by atoms with Crippen molar-refractivity contribution in [1.82, 2.24) is 20.3 Å². The molecule has 2 aromatic heterocycles. The lowest BCUT2D eigenvalue weighted by Crippen LogP contribution is -2.17. The Labute approximate surface area is 116 Å². The lowest BCUT2D eigenvalue weighted by atomic mass is 10.3. The predicted octanol–water partition coefficient (Wildman–Crippen LogP) is 2.00. The minimum Gasteiger partial charge on any atom is -0.508 e. The van der Waals surface area contributed by atoms with E-state index in [1.54, 1.807) is 18.3 Å². The summed E-state index contributed by atoms with van der Waals surface area (Å²) in [4.78, 5) is 11.9. The molecule has 0 bridgehead atoms. The van der Waals surface area contributed by atoms with Gasteiger partial charge in [0.05, 0.1) is 16.7 Å². The Balaban J connectivity index is 1.55. The molecule has 102 valence electrons. The van der Waals surface area contributed by atoms with Gasteiger partial charge in [-0.15, -0.1) is 0 Å². The topological polar surface area (TPSA) is 73.8 Å². The summed E-state index contributed by atoms with van der Waals surface area (Å²) in [5.41, 5.74) is 2.77. The van der Waals surface area contributed by atoms with Crippen LogP contribution in [0, 0.1) is 0 Å². The smallest absolute Gasteiger partial charge is 0.117 e. The van der Waals surface area contributed by atoms with E-state index in [1.165, 1.54) is 0 Å². The molecule has 3 rings (SSSR count). The normalized spacial score (nSPS) is 11.0. The van der Waals surface area contributed by atoms with E-state index in [9.17, 15) is 5.11 Å². The highest BCUT2D eigenvalue weighted by Gasteiger charge is 2.03. The largest absolute Gasteiger partial charge is 0.508 e. The quantitative estimate of drug-likeness (QED) is 0.619. The van der Waals surface area contributed by atoms with E-state index in [-0.39, 0.29) is 5.75 Å². The summed E-state index contributed by atoms with van der Waals surface area (Å²) in [6.45, 7) is 1.57. The average Bonchev–Trinajstić information content (AvgIpc) is 2.86. The van der Waals surface area contributed by atoms with Crippen molar-refractivity contribution < 1.29 is 5.11 Å². The second-order valence-corrected chi connectivity index (χ2v) is 4.63. The lowest BCUT2D eigenvalue weighted by Gasteiger charge is -2.02. The van der Waals surface area contributed by atoms with Crippen molar-refractivity contribution in [3.05, 3.63) is 54.1 Å². The van der Waals surface area contributed by atoms with Crippen molar-refractivity contribution in [2.75, 3.05) is 6.54 Å². The van der Waals surface area contributed by atoms with Gasteiger partial charge in [0, 0.05) is 31.8 Å². The molecule has 5 nitrogen and oxygen atoms in total. The van der Waals surface area contributed by atoms with Crippen LogP contribution in [0.15, 0.2) is 42.6 Å². The van der Waals surface area contributed by atoms with E-state index < -0.39 is 0 Å². The first kappa shape index (κ1) is 12.6. The number of imidazole rings is 1. The molecule has 0 spiro atoms. The molecule has 0 fully saturated rings. The number of phenols is 1. The van der Waals surface area contributed by atoms with Crippen LogP contribution in [-0.2, 0) is 13.0 Å². The number of aromatic amines is 1.